The maximum atomic E-state index is 4.61. The third-order valence-electron chi connectivity index (χ3n) is 4.18. The van der Waals surface area contributed by atoms with Crippen LogP contribution >= 0.6 is 11.3 Å². The first-order valence-electron chi connectivity index (χ1n) is 7.74. The van der Waals surface area contributed by atoms with Crippen LogP contribution in [0.4, 0.5) is 0 Å². The maximum absolute atomic E-state index is 4.61. The summed E-state index contributed by atoms with van der Waals surface area (Å²) in [5.74, 6) is 0. The van der Waals surface area contributed by atoms with Crippen molar-refractivity contribution in [1.29, 1.82) is 0 Å². The standard InChI is InChI=1S/C16H17N3S.C2H5N/c1-11-10-20-15-9-19(7-4-13(11)15)8-12-2-5-17-16-14(12)3-6-18-16;1-2-3/h2-3,5-6,10H,4,7-9H2,1H3,(H,17,18);2H,1,3H2. The molecule has 0 bridgehead atoms. The molecular weight excluding hydrogens is 304 g/mol. The summed E-state index contributed by atoms with van der Waals surface area (Å²) in [4.78, 5) is 11.6. The summed E-state index contributed by atoms with van der Waals surface area (Å²) in [6.45, 7) is 8.62. The molecule has 5 heteroatoms. The van der Waals surface area contributed by atoms with E-state index in [0.717, 1.165) is 25.3 Å². The Morgan fingerprint density at radius 1 is 1.48 bits per heavy atom. The molecule has 0 radical (unpaired) electrons. The fourth-order valence-corrected chi connectivity index (χ4v) is 4.20. The van der Waals surface area contributed by atoms with Gasteiger partial charge in [0.05, 0.1) is 0 Å². The lowest BCUT2D eigenvalue weighted by Crippen LogP contribution is -2.29. The van der Waals surface area contributed by atoms with Gasteiger partial charge in [-0.25, -0.2) is 4.98 Å². The number of pyridine rings is 1. The minimum Gasteiger partial charge on any atom is -0.405 e. The van der Waals surface area contributed by atoms with E-state index in [4.69, 9.17) is 0 Å². The van der Waals surface area contributed by atoms with E-state index in [0.29, 0.717) is 0 Å². The normalized spacial score (nSPS) is 14.1. The van der Waals surface area contributed by atoms with Crippen LogP contribution in [0.25, 0.3) is 11.0 Å². The van der Waals surface area contributed by atoms with Gasteiger partial charge in [-0.2, -0.15) is 0 Å². The Bertz CT molecular complexity index is 802. The highest BCUT2D eigenvalue weighted by atomic mass is 32.1. The van der Waals surface area contributed by atoms with Crippen molar-refractivity contribution in [3.8, 4) is 0 Å². The van der Waals surface area contributed by atoms with Crippen molar-refractivity contribution in [3.05, 3.63) is 64.3 Å². The van der Waals surface area contributed by atoms with Crippen LogP contribution in [0, 0.1) is 6.92 Å². The van der Waals surface area contributed by atoms with Crippen molar-refractivity contribution >= 4 is 22.4 Å². The lowest BCUT2D eigenvalue weighted by molar-refractivity contribution is 0.249. The van der Waals surface area contributed by atoms with E-state index < -0.39 is 0 Å². The monoisotopic (exact) mass is 326 g/mol. The number of rotatable bonds is 2. The van der Waals surface area contributed by atoms with Crippen LogP contribution in [0.15, 0.2) is 42.7 Å². The Balaban J connectivity index is 0.000000485. The molecule has 1 aliphatic rings. The lowest BCUT2D eigenvalue weighted by atomic mass is 10.0. The van der Waals surface area contributed by atoms with Gasteiger partial charge in [-0.05, 0) is 53.7 Å². The first-order chi connectivity index (χ1) is 11.2. The molecule has 1 aliphatic heterocycles. The molecule has 23 heavy (non-hydrogen) atoms. The van der Waals surface area contributed by atoms with Crippen LogP contribution in [0.3, 0.4) is 0 Å². The number of nitrogens with zero attached hydrogens (tertiary/aromatic N) is 2. The summed E-state index contributed by atoms with van der Waals surface area (Å²) >= 11 is 1.91. The van der Waals surface area contributed by atoms with E-state index in [2.05, 4.69) is 51.6 Å². The molecule has 4 heterocycles. The Morgan fingerprint density at radius 3 is 3.13 bits per heavy atom. The van der Waals surface area contributed by atoms with Crippen molar-refractivity contribution in [3.63, 3.8) is 0 Å². The minimum atomic E-state index is 0.993. The Kier molecular flexibility index (Phi) is 4.79. The first kappa shape index (κ1) is 15.8. The highest BCUT2D eigenvalue weighted by Gasteiger charge is 2.20. The van der Waals surface area contributed by atoms with Crippen LogP contribution in [0.1, 0.15) is 21.6 Å². The number of hydrogen-bond donors (Lipinski definition) is 2. The highest BCUT2D eigenvalue weighted by molar-refractivity contribution is 7.10. The fourth-order valence-electron chi connectivity index (χ4n) is 3.07. The smallest absolute Gasteiger partial charge is 0.137 e. The molecular formula is C18H22N4S. The van der Waals surface area contributed by atoms with Crippen molar-refractivity contribution < 1.29 is 0 Å². The molecule has 0 saturated heterocycles. The average Bonchev–Trinajstić information content (AvgIpc) is 3.16. The molecule has 120 valence electrons. The predicted octanol–water partition coefficient (Wildman–Crippen LogP) is 3.58. The first-order valence-corrected chi connectivity index (χ1v) is 8.62. The van der Waals surface area contributed by atoms with Crippen LogP contribution < -0.4 is 5.73 Å². The summed E-state index contributed by atoms with van der Waals surface area (Å²) in [6.07, 6.45) is 6.31. The number of thiophene rings is 1. The van der Waals surface area contributed by atoms with Crippen LogP contribution in [-0.2, 0) is 19.5 Å². The van der Waals surface area contributed by atoms with Gasteiger partial charge in [-0.15, -0.1) is 11.3 Å². The Labute approximate surface area is 140 Å². The van der Waals surface area contributed by atoms with Gasteiger partial charge in [0.15, 0.2) is 0 Å². The zero-order chi connectivity index (χ0) is 16.2. The van der Waals surface area contributed by atoms with Gasteiger partial charge in [0.1, 0.15) is 5.65 Å². The van der Waals surface area contributed by atoms with Gasteiger partial charge in [0.25, 0.3) is 0 Å². The van der Waals surface area contributed by atoms with E-state index >= 15 is 0 Å². The van der Waals surface area contributed by atoms with E-state index in [1.165, 1.54) is 29.1 Å². The summed E-state index contributed by atoms with van der Waals surface area (Å²) in [5, 5.41) is 3.55. The van der Waals surface area contributed by atoms with Crippen molar-refractivity contribution in [2.45, 2.75) is 26.4 Å². The fraction of sp³-hybridized carbons (Fsp3) is 0.278. The SMILES string of the molecule is C=CN.Cc1csc2c1CCN(Cc1ccnc3[nH]ccc13)C2. The van der Waals surface area contributed by atoms with Gasteiger partial charge in [0.2, 0.25) is 0 Å². The molecule has 3 aromatic rings. The third-order valence-corrected chi connectivity index (χ3v) is 5.31. The van der Waals surface area contributed by atoms with Gasteiger partial charge >= 0.3 is 0 Å². The molecule has 0 fully saturated rings. The summed E-state index contributed by atoms with van der Waals surface area (Å²) < 4.78 is 0. The van der Waals surface area contributed by atoms with E-state index in [-0.39, 0.29) is 0 Å². The zero-order valence-corrected chi connectivity index (χ0v) is 14.2. The number of nitrogens with one attached hydrogen (secondary N) is 1. The largest absolute Gasteiger partial charge is 0.405 e. The molecule has 3 aromatic heterocycles. The molecule has 0 amide bonds. The second-order valence-electron chi connectivity index (χ2n) is 5.73. The number of aromatic amines is 1. The lowest BCUT2D eigenvalue weighted by Gasteiger charge is -2.27. The number of hydrogen-bond acceptors (Lipinski definition) is 4. The molecule has 0 aliphatic carbocycles. The highest BCUT2D eigenvalue weighted by Crippen LogP contribution is 2.29. The van der Waals surface area contributed by atoms with Gasteiger partial charge < -0.3 is 10.7 Å². The predicted molar refractivity (Wildman–Crippen MR) is 97.4 cm³/mol. The van der Waals surface area contributed by atoms with Gasteiger partial charge in [-0.3, -0.25) is 4.90 Å². The second-order valence-corrected chi connectivity index (χ2v) is 6.69. The van der Waals surface area contributed by atoms with Crippen molar-refractivity contribution in [1.82, 2.24) is 14.9 Å². The molecule has 0 saturated carbocycles. The number of nitrogens with two attached hydrogens (primary N) is 1. The van der Waals surface area contributed by atoms with Crippen LogP contribution in [0.5, 0.6) is 0 Å². The molecule has 4 rings (SSSR count). The van der Waals surface area contributed by atoms with E-state index in [9.17, 15) is 0 Å². The Morgan fingerprint density at radius 2 is 2.30 bits per heavy atom. The minimum absolute atomic E-state index is 0.993. The third kappa shape index (κ3) is 3.30. The molecule has 0 atom stereocenters. The molecule has 0 spiro atoms. The van der Waals surface area contributed by atoms with Crippen molar-refractivity contribution in [2.24, 2.45) is 5.73 Å². The summed E-state index contributed by atoms with van der Waals surface area (Å²) in [5.41, 5.74) is 10.0. The number of H-pyrrole nitrogens is 1. The zero-order valence-electron chi connectivity index (χ0n) is 13.4. The molecule has 0 aromatic carbocycles. The molecule has 0 unspecified atom stereocenters. The quantitative estimate of drug-likeness (QED) is 0.757. The maximum Gasteiger partial charge on any atom is 0.137 e. The van der Waals surface area contributed by atoms with Crippen LogP contribution in [0.2, 0.25) is 0 Å². The van der Waals surface area contributed by atoms with Gasteiger partial charge in [0, 0.05) is 42.3 Å². The van der Waals surface area contributed by atoms with E-state index in [1.807, 2.05) is 23.7 Å². The topological polar surface area (TPSA) is 57.9 Å². The molecule has 3 N–H and O–H groups in total. The summed E-state index contributed by atoms with van der Waals surface area (Å²) in [7, 11) is 0. The van der Waals surface area contributed by atoms with Crippen molar-refractivity contribution in [2.75, 3.05) is 6.54 Å². The Hall–Kier alpha value is -2.11. The summed E-state index contributed by atoms with van der Waals surface area (Å²) in [6, 6.07) is 4.27. The number of aromatic nitrogens is 2. The van der Waals surface area contributed by atoms with Crippen LogP contribution in [-0.4, -0.2) is 21.4 Å². The second kappa shape index (κ2) is 6.98. The molecule has 4 nitrogen and oxygen atoms in total. The van der Waals surface area contributed by atoms with Gasteiger partial charge in [-0.1, -0.05) is 6.58 Å². The average molecular weight is 326 g/mol. The number of aryl methyl sites for hydroxylation is 1. The number of fused-ring (bicyclic) bond motifs is 2. The van der Waals surface area contributed by atoms with E-state index in [1.54, 1.807) is 10.4 Å².